The average Bonchev–Trinajstić information content (AvgIpc) is 2.31. The van der Waals surface area contributed by atoms with Gasteiger partial charge >= 0.3 is 0 Å². The zero-order valence-electron chi connectivity index (χ0n) is 7.86. The van der Waals surface area contributed by atoms with E-state index in [1.807, 2.05) is 0 Å². The van der Waals surface area contributed by atoms with Crippen LogP contribution < -0.4 is 5.56 Å². The van der Waals surface area contributed by atoms with E-state index in [2.05, 4.69) is 15.3 Å². The van der Waals surface area contributed by atoms with Gasteiger partial charge in [-0.15, -0.1) is 5.10 Å². The maximum Gasteiger partial charge on any atom is 0.293 e. The summed E-state index contributed by atoms with van der Waals surface area (Å²) in [6.07, 6.45) is 2.44. The predicted molar refractivity (Wildman–Crippen MR) is 65.5 cm³/mol. The summed E-state index contributed by atoms with van der Waals surface area (Å²) >= 11 is 23.0. The van der Waals surface area contributed by atoms with Crippen LogP contribution >= 0.6 is 46.4 Å². The first kappa shape index (κ1) is 12.6. The minimum absolute atomic E-state index is 0.0114. The fraction of sp³-hybridized carbons (Fsp3) is 0. The monoisotopic (exact) mass is 310 g/mol. The summed E-state index contributed by atoms with van der Waals surface area (Å²) in [5.41, 5.74) is -0.655. The second-order valence-electron chi connectivity index (χ2n) is 2.85. The Morgan fingerprint density at radius 2 is 1.65 bits per heavy atom. The normalized spacial score (nSPS) is 10.6. The van der Waals surface area contributed by atoms with E-state index in [0.29, 0.717) is 0 Å². The van der Waals surface area contributed by atoms with Gasteiger partial charge in [0, 0.05) is 0 Å². The van der Waals surface area contributed by atoms with E-state index in [0.717, 1.165) is 4.68 Å². The molecule has 0 amide bonds. The topological polar surface area (TPSA) is 60.7 Å². The van der Waals surface area contributed by atoms with Gasteiger partial charge in [0.2, 0.25) is 0 Å². The predicted octanol–water partition coefficient (Wildman–Crippen LogP) is 2.64. The molecule has 0 fully saturated rings. The van der Waals surface area contributed by atoms with Crippen molar-refractivity contribution >= 4 is 46.4 Å². The Kier molecular flexibility index (Phi) is 3.53. The molecule has 0 aromatic carbocycles. The van der Waals surface area contributed by atoms with Gasteiger partial charge in [-0.05, 0) is 0 Å². The molecule has 2 aromatic heterocycles. The summed E-state index contributed by atoms with van der Waals surface area (Å²) in [4.78, 5) is 11.8. The van der Waals surface area contributed by atoms with Crippen LogP contribution in [0.15, 0.2) is 17.2 Å². The van der Waals surface area contributed by atoms with Crippen molar-refractivity contribution in [3.05, 3.63) is 42.8 Å². The van der Waals surface area contributed by atoms with Crippen LogP contribution in [-0.4, -0.2) is 20.0 Å². The molecule has 2 aromatic rings. The third kappa shape index (κ3) is 2.24. The van der Waals surface area contributed by atoms with Gasteiger partial charge in [0.15, 0.2) is 5.82 Å². The second-order valence-corrected chi connectivity index (χ2v) is 4.42. The summed E-state index contributed by atoms with van der Waals surface area (Å²) in [6.45, 7) is 0. The highest BCUT2D eigenvalue weighted by Gasteiger charge is 2.15. The summed E-state index contributed by atoms with van der Waals surface area (Å²) in [5, 5.41) is 11.1. The first-order valence-corrected chi connectivity index (χ1v) is 5.64. The quantitative estimate of drug-likeness (QED) is 0.812. The van der Waals surface area contributed by atoms with Crippen LogP contribution in [-0.2, 0) is 0 Å². The standard InChI is InChI=1S/C8H2Cl4N4O/c9-3-1-13-15-7(5(3)11)16-8(17)6(12)4(10)2-14-16/h1-2H. The van der Waals surface area contributed by atoms with Crippen LogP contribution in [0, 0.1) is 0 Å². The van der Waals surface area contributed by atoms with Crippen molar-refractivity contribution in [1.82, 2.24) is 20.0 Å². The van der Waals surface area contributed by atoms with E-state index < -0.39 is 5.56 Å². The average molecular weight is 312 g/mol. The molecule has 17 heavy (non-hydrogen) atoms. The number of rotatable bonds is 1. The Balaban J connectivity index is 2.74. The van der Waals surface area contributed by atoms with Crippen LogP contribution in [0.4, 0.5) is 0 Å². The fourth-order valence-electron chi connectivity index (χ4n) is 1.04. The Bertz CT molecular complexity index is 642. The van der Waals surface area contributed by atoms with Crippen LogP contribution in [0.2, 0.25) is 20.1 Å². The molecule has 0 saturated carbocycles. The van der Waals surface area contributed by atoms with E-state index in [9.17, 15) is 4.79 Å². The minimum atomic E-state index is -0.655. The lowest BCUT2D eigenvalue weighted by atomic mass is 10.5. The van der Waals surface area contributed by atoms with Crippen LogP contribution in [0.25, 0.3) is 5.82 Å². The fourth-order valence-corrected chi connectivity index (χ4v) is 1.59. The Labute approximate surface area is 115 Å². The van der Waals surface area contributed by atoms with Gasteiger partial charge in [0.05, 0.1) is 22.4 Å². The van der Waals surface area contributed by atoms with Gasteiger partial charge in [-0.2, -0.15) is 14.9 Å². The highest BCUT2D eigenvalue weighted by molar-refractivity contribution is 6.43. The van der Waals surface area contributed by atoms with E-state index in [-0.39, 0.29) is 25.9 Å². The highest BCUT2D eigenvalue weighted by Crippen LogP contribution is 2.25. The highest BCUT2D eigenvalue weighted by atomic mass is 35.5. The Morgan fingerprint density at radius 1 is 1.00 bits per heavy atom. The maximum atomic E-state index is 11.8. The zero-order valence-corrected chi connectivity index (χ0v) is 10.9. The molecule has 0 bridgehead atoms. The van der Waals surface area contributed by atoms with Gasteiger partial charge in [-0.25, -0.2) is 0 Å². The first-order chi connectivity index (χ1) is 8.02. The molecule has 2 rings (SSSR count). The SMILES string of the molecule is O=c1c(Cl)c(Cl)cnn1-c1nncc(Cl)c1Cl. The van der Waals surface area contributed by atoms with E-state index in [1.165, 1.54) is 12.4 Å². The molecule has 0 N–H and O–H groups in total. The van der Waals surface area contributed by atoms with Crippen molar-refractivity contribution in [2.75, 3.05) is 0 Å². The second kappa shape index (κ2) is 4.78. The number of nitrogens with zero attached hydrogens (tertiary/aromatic N) is 4. The number of halogens is 4. The molecule has 0 atom stereocenters. The number of hydrogen-bond donors (Lipinski definition) is 0. The van der Waals surface area contributed by atoms with E-state index >= 15 is 0 Å². The smallest absolute Gasteiger partial charge is 0.266 e. The van der Waals surface area contributed by atoms with Gasteiger partial charge in [-0.3, -0.25) is 4.79 Å². The lowest BCUT2D eigenvalue weighted by Gasteiger charge is -2.05. The van der Waals surface area contributed by atoms with Crippen molar-refractivity contribution < 1.29 is 0 Å². The molecule has 0 saturated heterocycles. The van der Waals surface area contributed by atoms with Gasteiger partial charge < -0.3 is 0 Å². The molecule has 2 heterocycles. The number of hydrogen-bond acceptors (Lipinski definition) is 4. The van der Waals surface area contributed by atoms with Crippen LogP contribution in [0.5, 0.6) is 0 Å². The first-order valence-electron chi connectivity index (χ1n) is 4.12. The molecule has 0 unspecified atom stereocenters. The zero-order chi connectivity index (χ0) is 12.6. The molecule has 9 heteroatoms. The molecule has 0 aliphatic carbocycles. The van der Waals surface area contributed by atoms with Gasteiger partial charge in [0.25, 0.3) is 5.56 Å². The van der Waals surface area contributed by atoms with Crippen molar-refractivity contribution in [3.63, 3.8) is 0 Å². The summed E-state index contributed by atoms with van der Waals surface area (Å²) < 4.78 is 0.870. The third-order valence-corrected chi connectivity index (χ3v) is 3.31. The Morgan fingerprint density at radius 3 is 2.35 bits per heavy atom. The number of aromatic nitrogens is 4. The molecule has 0 aliphatic rings. The summed E-state index contributed by atoms with van der Waals surface area (Å²) in [5.74, 6) is -0.0114. The lowest BCUT2D eigenvalue weighted by molar-refractivity contribution is 0.761. The van der Waals surface area contributed by atoms with Crippen molar-refractivity contribution in [3.8, 4) is 5.82 Å². The van der Waals surface area contributed by atoms with Gasteiger partial charge in [-0.1, -0.05) is 46.4 Å². The Hall–Kier alpha value is -0.880. The molecule has 5 nitrogen and oxygen atoms in total. The molecule has 0 radical (unpaired) electrons. The van der Waals surface area contributed by atoms with Crippen molar-refractivity contribution in [1.29, 1.82) is 0 Å². The lowest BCUT2D eigenvalue weighted by Crippen LogP contribution is -2.23. The van der Waals surface area contributed by atoms with Crippen molar-refractivity contribution in [2.45, 2.75) is 0 Å². The van der Waals surface area contributed by atoms with E-state index in [1.54, 1.807) is 0 Å². The summed E-state index contributed by atoms with van der Waals surface area (Å²) in [6, 6.07) is 0. The maximum absolute atomic E-state index is 11.8. The molecule has 0 aliphatic heterocycles. The molecular weight excluding hydrogens is 310 g/mol. The molecule has 0 spiro atoms. The molecule has 88 valence electrons. The van der Waals surface area contributed by atoms with E-state index in [4.69, 9.17) is 46.4 Å². The molecular formula is C8H2Cl4N4O. The van der Waals surface area contributed by atoms with Crippen LogP contribution in [0.3, 0.4) is 0 Å². The summed E-state index contributed by atoms with van der Waals surface area (Å²) in [7, 11) is 0. The minimum Gasteiger partial charge on any atom is -0.266 e. The third-order valence-electron chi connectivity index (χ3n) is 1.81. The largest absolute Gasteiger partial charge is 0.293 e. The van der Waals surface area contributed by atoms with Gasteiger partial charge in [0.1, 0.15) is 10.0 Å². The van der Waals surface area contributed by atoms with Crippen molar-refractivity contribution in [2.24, 2.45) is 0 Å². The van der Waals surface area contributed by atoms with Crippen LogP contribution in [0.1, 0.15) is 0 Å².